The zero-order chi connectivity index (χ0) is 14.3. The van der Waals surface area contributed by atoms with E-state index in [0.717, 1.165) is 25.7 Å². The normalized spacial score (nSPS) is 30.7. The van der Waals surface area contributed by atoms with Gasteiger partial charge in [-0.1, -0.05) is 0 Å². The van der Waals surface area contributed by atoms with Crippen LogP contribution in [0.1, 0.15) is 38.5 Å². The molecule has 2 atom stereocenters. The Hall–Kier alpha value is -1.59. The highest BCUT2D eigenvalue weighted by Gasteiger charge is 2.44. The molecular formula is C14H20N2O4. The molecule has 2 amide bonds. The molecule has 1 unspecified atom stereocenters. The molecule has 1 aliphatic carbocycles. The third kappa shape index (κ3) is 2.39. The lowest BCUT2D eigenvalue weighted by molar-refractivity contribution is -0.153. The molecule has 20 heavy (non-hydrogen) atoms. The Morgan fingerprint density at radius 3 is 2.55 bits per heavy atom. The zero-order valence-electron chi connectivity index (χ0n) is 11.5. The molecule has 110 valence electrons. The summed E-state index contributed by atoms with van der Waals surface area (Å²) in [5, 5.41) is 9.23. The predicted octanol–water partition coefficient (Wildman–Crippen LogP) is 0.463. The van der Waals surface area contributed by atoms with E-state index in [0.29, 0.717) is 25.6 Å². The molecule has 0 aromatic heterocycles. The molecule has 0 bridgehead atoms. The van der Waals surface area contributed by atoms with Gasteiger partial charge in [0, 0.05) is 25.6 Å². The van der Waals surface area contributed by atoms with Crippen LogP contribution in [0.3, 0.4) is 0 Å². The summed E-state index contributed by atoms with van der Waals surface area (Å²) in [6.45, 7) is 0.981. The number of piperidine rings is 1. The molecule has 6 nitrogen and oxygen atoms in total. The van der Waals surface area contributed by atoms with Gasteiger partial charge in [0.05, 0.1) is 5.92 Å². The summed E-state index contributed by atoms with van der Waals surface area (Å²) in [6, 6.07) is -0.377. The Labute approximate surface area is 117 Å². The van der Waals surface area contributed by atoms with Crippen molar-refractivity contribution in [3.63, 3.8) is 0 Å². The molecule has 0 aromatic carbocycles. The van der Waals surface area contributed by atoms with E-state index < -0.39 is 12.0 Å². The van der Waals surface area contributed by atoms with Crippen molar-refractivity contribution in [1.29, 1.82) is 0 Å². The van der Waals surface area contributed by atoms with Crippen molar-refractivity contribution in [2.24, 2.45) is 5.92 Å². The van der Waals surface area contributed by atoms with Crippen molar-refractivity contribution in [1.82, 2.24) is 9.80 Å². The molecule has 2 aliphatic heterocycles. The summed E-state index contributed by atoms with van der Waals surface area (Å²) < 4.78 is 0. The van der Waals surface area contributed by atoms with Crippen LogP contribution in [-0.2, 0) is 14.4 Å². The highest BCUT2D eigenvalue weighted by Crippen LogP contribution is 2.33. The average Bonchev–Trinajstić information content (AvgIpc) is 3.21. The Morgan fingerprint density at radius 1 is 1.15 bits per heavy atom. The predicted molar refractivity (Wildman–Crippen MR) is 69.8 cm³/mol. The van der Waals surface area contributed by atoms with Gasteiger partial charge in [-0.2, -0.15) is 0 Å². The van der Waals surface area contributed by atoms with Crippen molar-refractivity contribution >= 4 is 17.8 Å². The van der Waals surface area contributed by atoms with Gasteiger partial charge in [0.2, 0.25) is 11.8 Å². The van der Waals surface area contributed by atoms with Gasteiger partial charge in [-0.05, 0) is 32.1 Å². The number of hydrogen-bond acceptors (Lipinski definition) is 3. The minimum absolute atomic E-state index is 0.0507. The van der Waals surface area contributed by atoms with E-state index in [1.165, 1.54) is 4.90 Å². The molecule has 2 heterocycles. The average molecular weight is 280 g/mol. The number of likely N-dealkylation sites (tertiary alicyclic amines) is 2. The maximum atomic E-state index is 12.5. The van der Waals surface area contributed by atoms with E-state index in [9.17, 15) is 19.5 Å². The molecule has 0 radical (unpaired) electrons. The number of rotatable bonds is 3. The van der Waals surface area contributed by atoms with Crippen LogP contribution in [0, 0.1) is 5.92 Å². The van der Waals surface area contributed by atoms with E-state index in [4.69, 9.17) is 0 Å². The molecule has 3 rings (SSSR count). The van der Waals surface area contributed by atoms with E-state index >= 15 is 0 Å². The standard InChI is InChI=1S/C14H20N2O4/c17-12-7-9(8-16(12)10-4-5-10)13(18)15-6-2-1-3-11(15)14(19)20/h9-11H,1-8H2,(H,19,20)/t9?,11-/m1/s1. The van der Waals surface area contributed by atoms with Crippen LogP contribution < -0.4 is 0 Å². The van der Waals surface area contributed by atoms with E-state index in [1.807, 2.05) is 4.90 Å². The van der Waals surface area contributed by atoms with Crippen LogP contribution >= 0.6 is 0 Å². The Morgan fingerprint density at radius 2 is 1.90 bits per heavy atom. The Bertz CT molecular complexity index is 446. The SMILES string of the molecule is O=C(O)[C@H]1CCCCN1C(=O)C1CC(=O)N(C2CC2)C1. The van der Waals surface area contributed by atoms with Gasteiger partial charge in [0.1, 0.15) is 6.04 Å². The summed E-state index contributed by atoms with van der Waals surface area (Å²) in [4.78, 5) is 39.0. The van der Waals surface area contributed by atoms with Gasteiger partial charge in [-0.25, -0.2) is 4.79 Å². The molecule has 1 saturated carbocycles. The largest absolute Gasteiger partial charge is 0.480 e. The third-order valence-electron chi connectivity index (χ3n) is 4.57. The van der Waals surface area contributed by atoms with Crippen LogP contribution in [0.25, 0.3) is 0 Å². The fourth-order valence-electron chi connectivity index (χ4n) is 3.32. The quantitative estimate of drug-likeness (QED) is 0.815. The number of carbonyl (C=O) groups is 3. The second kappa shape index (κ2) is 5.07. The van der Waals surface area contributed by atoms with Crippen molar-refractivity contribution in [3.8, 4) is 0 Å². The fourth-order valence-corrected chi connectivity index (χ4v) is 3.32. The number of hydrogen-bond donors (Lipinski definition) is 1. The van der Waals surface area contributed by atoms with Crippen LogP contribution in [0.15, 0.2) is 0 Å². The summed E-state index contributed by atoms with van der Waals surface area (Å²) in [6.07, 6.45) is 4.54. The molecule has 2 saturated heterocycles. The second-order valence-corrected chi connectivity index (χ2v) is 6.06. The maximum Gasteiger partial charge on any atom is 0.326 e. The van der Waals surface area contributed by atoms with E-state index in [1.54, 1.807) is 0 Å². The second-order valence-electron chi connectivity index (χ2n) is 6.06. The lowest BCUT2D eigenvalue weighted by atomic mass is 9.98. The number of carboxylic acid groups (broad SMARTS) is 1. The first-order chi connectivity index (χ1) is 9.58. The van der Waals surface area contributed by atoms with Gasteiger partial charge in [-0.3, -0.25) is 9.59 Å². The van der Waals surface area contributed by atoms with Gasteiger partial charge in [0.15, 0.2) is 0 Å². The summed E-state index contributed by atoms with van der Waals surface area (Å²) in [5.74, 6) is -1.37. The summed E-state index contributed by atoms with van der Waals surface area (Å²) in [5.41, 5.74) is 0. The molecular weight excluding hydrogens is 260 g/mol. The lowest BCUT2D eigenvalue weighted by Gasteiger charge is -2.34. The summed E-state index contributed by atoms with van der Waals surface area (Å²) >= 11 is 0. The number of amides is 2. The van der Waals surface area contributed by atoms with Crippen molar-refractivity contribution in [2.45, 2.75) is 50.6 Å². The first kappa shape index (κ1) is 13.4. The van der Waals surface area contributed by atoms with Crippen LogP contribution in [0.5, 0.6) is 0 Å². The minimum atomic E-state index is -0.929. The first-order valence-electron chi connectivity index (χ1n) is 7.40. The molecule has 1 N–H and O–H groups in total. The smallest absolute Gasteiger partial charge is 0.326 e. The van der Waals surface area contributed by atoms with Crippen molar-refractivity contribution in [2.75, 3.05) is 13.1 Å². The van der Waals surface area contributed by atoms with Crippen LogP contribution in [-0.4, -0.2) is 57.9 Å². The number of carbonyl (C=O) groups excluding carboxylic acids is 2. The lowest BCUT2D eigenvalue weighted by Crippen LogP contribution is -2.50. The molecule has 3 aliphatic rings. The summed E-state index contributed by atoms with van der Waals surface area (Å²) in [7, 11) is 0. The van der Waals surface area contributed by atoms with E-state index in [-0.39, 0.29) is 24.2 Å². The molecule has 3 fully saturated rings. The van der Waals surface area contributed by atoms with Gasteiger partial charge in [0.25, 0.3) is 0 Å². The molecule has 0 spiro atoms. The van der Waals surface area contributed by atoms with Crippen molar-refractivity contribution < 1.29 is 19.5 Å². The third-order valence-corrected chi connectivity index (χ3v) is 4.57. The Balaban J connectivity index is 1.68. The van der Waals surface area contributed by atoms with Crippen LogP contribution in [0.2, 0.25) is 0 Å². The topological polar surface area (TPSA) is 77.9 Å². The molecule has 0 aromatic rings. The fraction of sp³-hybridized carbons (Fsp3) is 0.786. The number of aliphatic carboxylic acids is 1. The van der Waals surface area contributed by atoms with Gasteiger partial charge in [-0.15, -0.1) is 0 Å². The zero-order valence-corrected chi connectivity index (χ0v) is 11.5. The monoisotopic (exact) mass is 280 g/mol. The first-order valence-corrected chi connectivity index (χ1v) is 7.40. The van der Waals surface area contributed by atoms with Gasteiger partial charge < -0.3 is 14.9 Å². The van der Waals surface area contributed by atoms with Crippen LogP contribution in [0.4, 0.5) is 0 Å². The minimum Gasteiger partial charge on any atom is -0.480 e. The highest BCUT2D eigenvalue weighted by atomic mass is 16.4. The number of nitrogens with zero attached hydrogens (tertiary/aromatic N) is 2. The highest BCUT2D eigenvalue weighted by molar-refractivity contribution is 5.91. The number of carboxylic acids is 1. The van der Waals surface area contributed by atoms with Gasteiger partial charge >= 0.3 is 5.97 Å². The van der Waals surface area contributed by atoms with Crippen molar-refractivity contribution in [3.05, 3.63) is 0 Å². The maximum absolute atomic E-state index is 12.5. The van der Waals surface area contributed by atoms with E-state index in [2.05, 4.69) is 0 Å². The Kier molecular flexibility index (Phi) is 3.40. The molecule has 6 heteroatoms.